The van der Waals surface area contributed by atoms with Crippen LogP contribution in [0.1, 0.15) is 43.7 Å². The zero-order valence-corrected chi connectivity index (χ0v) is 14.1. The predicted octanol–water partition coefficient (Wildman–Crippen LogP) is 2.88. The summed E-state index contributed by atoms with van der Waals surface area (Å²) in [6, 6.07) is 9.49. The van der Waals surface area contributed by atoms with Gasteiger partial charge in [0.2, 0.25) is 0 Å². The number of ether oxygens (including phenoxy) is 1. The molecule has 2 rings (SSSR count). The molecule has 0 spiro atoms. The summed E-state index contributed by atoms with van der Waals surface area (Å²) in [5.41, 5.74) is 1.82. The van der Waals surface area contributed by atoms with Crippen molar-refractivity contribution in [3.8, 4) is 6.07 Å². The highest BCUT2D eigenvalue weighted by Crippen LogP contribution is 2.16. The van der Waals surface area contributed by atoms with Crippen LogP contribution in [0.3, 0.4) is 0 Å². The third-order valence-electron chi connectivity index (χ3n) is 4.04. The number of hydrogen-bond donors (Lipinski definition) is 0. The van der Waals surface area contributed by atoms with Crippen LogP contribution in [0.15, 0.2) is 29.8 Å². The highest BCUT2D eigenvalue weighted by atomic mass is 16.5. The summed E-state index contributed by atoms with van der Waals surface area (Å²) in [6.07, 6.45) is 3.44. The Kier molecular flexibility index (Phi) is 6.14. The van der Waals surface area contributed by atoms with Crippen molar-refractivity contribution in [2.75, 3.05) is 19.7 Å². The van der Waals surface area contributed by atoms with Gasteiger partial charge in [0.1, 0.15) is 11.6 Å². The first-order chi connectivity index (χ1) is 11.5. The molecule has 126 valence electrons. The molecule has 24 heavy (non-hydrogen) atoms. The van der Waals surface area contributed by atoms with E-state index in [-0.39, 0.29) is 18.1 Å². The quantitative estimate of drug-likeness (QED) is 0.474. The van der Waals surface area contributed by atoms with Crippen LogP contribution in [0.5, 0.6) is 0 Å². The fourth-order valence-electron chi connectivity index (χ4n) is 2.54. The van der Waals surface area contributed by atoms with Crippen LogP contribution in [0.25, 0.3) is 6.08 Å². The lowest BCUT2D eigenvalue weighted by atomic mass is 10.0. The largest absolute Gasteiger partial charge is 0.451 e. The molecular weight excluding hydrogens is 304 g/mol. The summed E-state index contributed by atoms with van der Waals surface area (Å²) >= 11 is 0. The van der Waals surface area contributed by atoms with E-state index in [1.54, 1.807) is 4.90 Å². The Labute approximate surface area is 142 Å². The van der Waals surface area contributed by atoms with E-state index >= 15 is 0 Å². The third-order valence-corrected chi connectivity index (χ3v) is 4.04. The van der Waals surface area contributed by atoms with Gasteiger partial charge in [-0.2, -0.15) is 5.26 Å². The van der Waals surface area contributed by atoms with Crippen molar-refractivity contribution in [2.24, 2.45) is 0 Å². The zero-order chi connectivity index (χ0) is 17.5. The summed E-state index contributed by atoms with van der Waals surface area (Å²) in [4.78, 5) is 25.5. The molecule has 1 aromatic carbocycles. The van der Waals surface area contributed by atoms with Gasteiger partial charge in [-0.3, -0.25) is 4.79 Å². The average Bonchev–Trinajstić information content (AvgIpc) is 3.12. The molecule has 5 heteroatoms. The molecule has 0 bridgehead atoms. The summed E-state index contributed by atoms with van der Waals surface area (Å²) in [7, 11) is 0. The molecule has 1 saturated heterocycles. The minimum absolute atomic E-state index is 0.110. The Morgan fingerprint density at radius 3 is 2.42 bits per heavy atom. The molecule has 0 saturated carbocycles. The van der Waals surface area contributed by atoms with E-state index < -0.39 is 5.97 Å². The molecule has 0 radical (unpaired) electrons. The molecule has 1 fully saturated rings. The van der Waals surface area contributed by atoms with Gasteiger partial charge in [-0.25, -0.2) is 4.79 Å². The van der Waals surface area contributed by atoms with Crippen molar-refractivity contribution < 1.29 is 14.3 Å². The second kappa shape index (κ2) is 8.30. The molecule has 0 atom stereocenters. The van der Waals surface area contributed by atoms with Crippen molar-refractivity contribution >= 4 is 18.0 Å². The number of hydrogen-bond acceptors (Lipinski definition) is 4. The fraction of sp³-hybridized carbons (Fsp3) is 0.421. The van der Waals surface area contributed by atoms with Crippen molar-refractivity contribution in [3.63, 3.8) is 0 Å². The second-order valence-corrected chi connectivity index (χ2v) is 6.16. The Hall–Kier alpha value is -2.61. The number of esters is 1. The molecule has 0 unspecified atom stereocenters. The van der Waals surface area contributed by atoms with E-state index in [4.69, 9.17) is 10.00 Å². The Balaban J connectivity index is 1.97. The molecule has 0 aliphatic carbocycles. The van der Waals surface area contributed by atoms with Crippen LogP contribution in [0, 0.1) is 11.3 Å². The van der Waals surface area contributed by atoms with E-state index in [0.29, 0.717) is 19.0 Å². The van der Waals surface area contributed by atoms with Crippen LogP contribution in [-0.4, -0.2) is 36.5 Å². The van der Waals surface area contributed by atoms with Gasteiger partial charge >= 0.3 is 5.97 Å². The van der Waals surface area contributed by atoms with Crippen LogP contribution >= 0.6 is 0 Å². The maximum Gasteiger partial charge on any atom is 0.349 e. The summed E-state index contributed by atoms with van der Waals surface area (Å²) in [5.74, 6) is -0.558. The average molecular weight is 326 g/mol. The minimum atomic E-state index is -0.766. The highest BCUT2D eigenvalue weighted by Gasteiger charge is 2.20. The van der Waals surface area contributed by atoms with Crippen LogP contribution < -0.4 is 0 Å². The molecule has 1 heterocycles. The maximum atomic E-state index is 12.0. The smallest absolute Gasteiger partial charge is 0.349 e. The normalized spacial score (nSPS) is 14.6. The predicted molar refractivity (Wildman–Crippen MR) is 90.9 cm³/mol. The molecule has 1 aliphatic heterocycles. The number of carbonyl (C=O) groups is 2. The minimum Gasteiger partial charge on any atom is -0.451 e. The molecule has 0 aromatic heterocycles. The molecule has 1 amide bonds. The van der Waals surface area contributed by atoms with E-state index in [0.717, 1.165) is 18.4 Å². The monoisotopic (exact) mass is 326 g/mol. The fourth-order valence-corrected chi connectivity index (χ4v) is 2.54. The van der Waals surface area contributed by atoms with Gasteiger partial charge in [0.05, 0.1) is 0 Å². The molecule has 1 aliphatic rings. The number of carbonyl (C=O) groups excluding carboxylic acids is 2. The first kappa shape index (κ1) is 17.7. The number of benzene rings is 1. The summed E-state index contributed by atoms with van der Waals surface area (Å²) < 4.78 is 4.98. The Morgan fingerprint density at radius 1 is 1.25 bits per heavy atom. The van der Waals surface area contributed by atoms with Gasteiger partial charge in [-0.1, -0.05) is 38.1 Å². The van der Waals surface area contributed by atoms with Gasteiger partial charge in [0.15, 0.2) is 6.61 Å². The first-order valence-electron chi connectivity index (χ1n) is 8.18. The van der Waals surface area contributed by atoms with Crippen molar-refractivity contribution in [1.29, 1.82) is 5.26 Å². The standard InChI is InChI=1S/C19H22N2O3/c1-14(2)16-7-5-15(6-8-16)11-17(12-20)19(23)24-13-18(22)21-9-3-4-10-21/h5-8,11,14H,3-4,9-10,13H2,1-2H3/b17-11+. The van der Waals surface area contributed by atoms with E-state index in [2.05, 4.69) is 13.8 Å². The Morgan fingerprint density at radius 2 is 1.88 bits per heavy atom. The van der Waals surface area contributed by atoms with Gasteiger partial charge in [-0.15, -0.1) is 0 Å². The van der Waals surface area contributed by atoms with Crippen molar-refractivity contribution in [2.45, 2.75) is 32.6 Å². The van der Waals surface area contributed by atoms with Crippen LogP contribution in [0.2, 0.25) is 0 Å². The number of nitrogens with zero attached hydrogens (tertiary/aromatic N) is 2. The van der Waals surface area contributed by atoms with E-state index in [1.165, 1.54) is 11.6 Å². The van der Waals surface area contributed by atoms with Crippen LogP contribution in [0.4, 0.5) is 0 Å². The second-order valence-electron chi connectivity index (χ2n) is 6.16. The van der Waals surface area contributed by atoms with E-state index in [1.807, 2.05) is 30.3 Å². The van der Waals surface area contributed by atoms with Gasteiger partial charge in [0, 0.05) is 13.1 Å². The molecule has 0 N–H and O–H groups in total. The van der Waals surface area contributed by atoms with Crippen LogP contribution in [-0.2, 0) is 14.3 Å². The van der Waals surface area contributed by atoms with Gasteiger partial charge < -0.3 is 9.64 Å². The topological polar surface area (TPSA) is 70.4 Å². The van der Waals surface area contributed by atoms with Gasteiger partial charge in [0.25, 0.3) is 5.91 Å². The SMILES string of the molecule is CC(C)c1ccc(/C=C(\C#N)C(=O)OCC(=O)N2CCCC2)cc1. The number of rotatable bonds is 5. The lowest BCUT2D eigenvalue weighted by Gasteiger charge is -2.14. The summed E-state index contributed by atoms with van der Waals surface area (Å²) in [5, 5.41) is 9.16. The number of likely N-dealkylation sites (tertiary alicyclic amines) is 1. The number of nitriles is 1. The lowest BCUT2D eigenvalue weighted by molar-refractivity contribution is -0.148. The molecule has 5 nitrogen and oxygen atoms in total. The van der Waals surface area contributed by atoms with Gasteiger partial charge in [-0.05, 0) is 36.0 Å². The molecular formula is C19H22N2O3. The van der Waals surface area contributed by atoms with E-state index in [9.17, 15) is 9.59 Å². The molecule has 1 aromatic rings. The first-order valence-corrected chi connectivity index (χ1v) is 8.18. The maximum absolute atomic E-state index is 12.0. The summed E-state index contributed by atoms with van der Waals surface area (Å²) in [6.45, 7) is 5.30. The zero-order valence-electron chi connectivity index (χ0n) is 14.1. The highest BCUT2D eigenvalue weighted by molar-refractivity contribution is 5.98. The lowest BCUT2D eigenvalue weighted by Crippen LogP contribution is -2.32. The Bertz CT molecular complexity index is 663. The van der Waals surface area contributed by atoms with Crippen molar-refractivity contribution in [1.82, 2.24) is 4.90 Å². The van der Waals surface area contributed by atoms with Crippen molar-refractivity contribution in [3.05, 3.63) is 41.0 Å². The number of amides is 1. The third kappa shape index (κ3) is 4.69.